The highest BCUT2D eigenvalue weighted by Crippen LogP contribution is 2.22. The fourth-order valence-corrected chi connectivity index (χ4v) is 2.20. The molecule has 0 bridgehead atoms. The third-order valence-electron chi connectivity index (χ3n) is 3.33. The van der Waals surface area contributed by atoms with E-state index in [1.165, 1.54) is 0 Å². The smallest absolute Gasteiger partial charge is 0.319 e. The Morgan fingerprint density at radius 1 is 1.30 bits per heavy atom. The first-order chi connectivity index (χ1) is 9.70. The molecule has 20 heavy (non-hydrogen) atoms. The molecule has 108 valence electrons. The zero-order valence-corrected chi connectivity index (χ0v) is 11.8. The number of nitrogens with zero attached hydrogens (tertiary/aromatic N) is 1. The Balaban J connectivity index is 1.88. The fourth-order valence-electron chi connectivity index (χ4n) is 2.20. The van der Waals surface area contributed by atoms with Gasteiger partial charge in [0.2, 0.25) is 5.91 Å². The van der Waals surface area contributed by atoms with E-state index in [1.54, 1.807) is 4.90 Å². The lowest BCUT2D eigenvalue weighted by atomic mass is 10.2. The van der Waals surface area contributed by atoms with Crippen LogP contribution in [0.1, 0.15) is 32.6 Å². The normalized spacial score (nSPS) is 14.4. The van der Waals surface area contributed by atoms with Crippen LogP contribution in [-0.2, 0) is 4.79 Å². The van der Waals surface area contributed by atoms with Crippen molar-refractivity contribution in [1.29, 1.82) is 0 Å². The highest BCUT2D eigenvalue weighted by atomic mass is 16.2. The van der Waals surface area contributed by atoms with Crippen LogP contribution in [0.15, 0.2) is 24.3 Å². The Kier molecular flexibility index (Phi) is 4.98. The minimum atomic E-state index is -0.191. The number of hydrogen-bond acceptors (Lipinski definition) is 2. The van der Waals surface area contributed by atoms with E-state index < -0.39 is 0 Å². The van der Waals surface area contributed by atoms with Crippen LogP contribution in [0.2, 0.25) is 0 Å². The maximum absolute atomic E-state index is 11.6. The van der Waals surface area contributed by atoms with E-state index in [4.69, 9.17) is 0 Å². The van der Waals surface area contributed by atoms with Crippen LogP contribution in [0.5, 0.6) is 0 Å². The van der Waals surface area contributed by atoms with Gasteiger partial charge >= 0.3 is 6.03 Å². The molecule has 3 amide bonds. The highest BCUT2D eigenvalue weighted by molar-refractivity contribution is 5.96. The van der Waals surface area contributed by atoms with Gasteiger partial charge in [0.15, 0.2) is 0 Å². The molecule has 0 atom stereocenters. The van der Waals surface area contributed by atoms with E-state index in [-0.39, 0.29) is 11.9 Å². The van der Waals surface area contributed by atoms with Gasteiger partial charge in [0, 0.05) is 30.9 Å². The molecule has 1 heterocycles. The summed E-state index contributed by atoms with van der Waals surface area (Å²) >= 11 is 0. The van der Waals surface area contributed by atoms with E-state index in [2.05, 4.69) is 17.6 Å². The maximum atomic E-state index is 11.6. The summed E-state index contributed by atoms with van der Waals surface area (Å²) in [6, 6.07) is 7.18. The summed E-state index contributed by atoms with van der Waals surface area (Å²) in [5.74, 6) is 0.169. The first-order valence-electron chi connectivity index (χ1n) is 7.16. The summed E-state index contributed by atoms with van der Waals surface area (Å²) in [6.07, 6.45) is 3.57. The molecule has 1 aliphatic rings. The van der Waals surface area contributed by atoms with Gasteiger partial charge in [0.1, 0.15) is 0 Å². The van der Waals surface area contributed by atoms with E-state index >= 15 is 0 Å². The molecule has 5 nitrogen and oxygen atoms in total. The van der Waals surface area contributed by atoms with Crippen molar-refractivity contribution < 1.29 is 9.59 Å². The van der Waals surface area contributed by atoms with Crippen molar-refractivity contribution in [3.8, 4) is 0 Å². The Bertz CT molecular complexity index is 471. The third-order valence-corrected chi connectivity index (χ3v) is 3.33. The maximum Gasteiger partial charge on any atom is 0.319 e. The first-order valence-corrected chi connectivity index (χ1v) is 7.16. The van der Waals surface area contributed by atoms with Crippen LogP contribution in [0.3, 0.4) is 0 Å². The molecule has 0 unspecified atom stereocenters. The van der Waals surface area contributed by atoms with Gasteiger partial charge in [-0.05, 0) is 37.1 Å². The second kappa shape index (κ2) is 6.93. The topological polar surface area (TPSA) is 61.4 Å². The van der Waals surface area contributed by atoms with Gasteiger partial charge in [-0.1, -0.05) is 13.3 Å². The van der Waals surface area contributed by atoms with Crippen molar-refractivity contribution in [2.75, 3.05) is 23.3 Å². The number of hydrogen-bond donors (Lipinski definition) is 2. The quantitative estimate of drug-likeness (QED) is 0.812. The van der Waals surface area contributed by atoms with Crippen LogP contribution in [0, 0.1) is 0 Å². The van der Waals surface area contributed by atoms with Crippen LogP contribution >= 0.6 is 0 Å². The van der Waals surface area contributed by atoms with Crippen LogP contribution < -0.4 is 15.5 Å². The SMILES string of the molecule is CCCCNC(=O)Nc1ccc(N2CCCC2=O)cc1. The van der Waals surface area contributed by atoms with Gasteiger partial charge in [-0.15, -0.1) is 0 Å². The Morgan fingerprint density at radius 3 is 2.65 bits per heavy atom. The molecular weight excluding hydrogens is 254 g/mol. The first kappa shape index (κ1) is 14.4. The highest BCUT2D eigenvalue weighted by Gasteiger charge is 2.21. The van der Waals surface area contributed by atoms with Gasteiger partial charge in [0.25, 0.3) is 0 Å². The molecule has 0 radical (unpaired) electrons. The lowest BCUT2D eigenvalue weighted by molar-refractivity contribution is -0.117. The molecule has 0 aromatic heterocycles. The lowest BCUT2D eigenvalue weighted by Crippen LogP contribution is -2.29. The molecule has 1 aromatic rings. The van der Waals surface area contributed by atoms with E-state index in [0.717, 1.165) is 37.2 Å². The van der Waals surface area contributed by atoms with Gasteiger partial charge in [-0.2, -0.15) is 0 Å². The van der Waals surface area contributed by atoms with Crippen molar-refractivity contribution in [2.24, 2.45) is 0 Å². The van der Waals surface area contributed by atoms with Gasteiger partial charge in [0.05, 0.1) is 0 Å². The van der Waals surface area contributed by atoms with Crippen LogP contribution in [0.25, 0.3) is 0 Å². The van der Waals surface area contributed by atoms with E-state index in [0.29, 0.717) is 13.0 Å². The predicted octanol–water partition coefficient (Wildman–Crippen LogP) is 2.74. The Morgan fingerprint density at radius 2 is 2.05 bits per heavy atom. The van der Waals surface area contributed by atoms with Crippen molar-refractivity contribution in [2.45, 2.75) is 32.6 Å². The largest absolute Gasteiger partial charge is 0.338 e. The fraction of sp³-hybridized carbons (Fsp3) is 0.467. The molecule has 0 saturated carbocycles. The van der Waals surface area contributed by atoms with Crippen molar-refractivity contribution >= 4 is 23.3 Å². The Labute approximate surface area is 119 Å². The van der Waals surface area contributed by atoms with Crippen LogP contribution in [0.4, 0.5) is 16.2 Å². The molecule has 1 fully saturated rings. The minimum absolute atomic E-state index is 0.169. The molecular formula is C15H21N3O2. The lowest BCUT2D eigenvalue weighted by Gasteiger charge is -2.16. The zero-order chi connectivity index (χ0) is 14.4. The van der Waals surface area contributed by atoms with Crippen molar-refractivity contribution in [3.05, 3.63) is 24.3 Å². The second-order valence-electron chi connectivity index (χ2n) is 4.93. The number of urea groups is 1. The summed E-state index contributed by atoms with van der Waals surface area (Å²) in [6.45, 7) is 3.55. The summed E-state index contributed by atoms with van der Waals surface area (Å²) in [5, 5.41) is 5.57. The number of nitrogens with one attached hydrogen (secondary N) is 2. The number of carbonyl (C=O) groups is 2. The van der Waals surface area contributed by atoms with Crippen LogP contribution in [-0.4, -0.2) is 25.0 Å². The number of carbonyl (C=O) groups excluding carboxylic acids is 2. The molecule has 2 N–H and O–H groups in total. The Hall–Kier alpha value is -2.04. The average Bonchev–Trinajstić information content (AvgIpc) is 2.86. The van der Waals surface area contributed by atoms with Crippen molar-refractivity contribution in [1.82, 2.24) is 5.32 Å². The second-order valence-corrected chi connectivity index (χ2v) is 4.93. The number of anilines is 2. The summed E-state index contributed by atoms with van der Waals surface area (Å²) in [4.78, 5) is 25.0. The average molecular weight is 275 g/mol. The number of benzene rings is 1. The molecule has 1 saturated heterocycles. The molecule has 0 spiro atoms. The summed E-state index contributed by atoms with van der Waals surface area (Å²) in [7, 11) is 0. The molecule has 1 aliphatic heterocycles. The standard InChI is InChI=1S/C15H21N3O2/c1-2-3-10-16-15(20)17-12-6-8-13(9-7-12)18-11-4-5-14(18)19/h6-9H,2-5,10-11H2,1H3,(H2,16,17,20). The van der Waals surface area contributed by atoms with E-state index in [1.807, 2.05) is 24.3 Å². The predicted molar refractivity (Wildman–Crippen MR) is 80.0 cm³/mol. The molecule has 5 heteroatoms. The molecule has 0 aliphatic carbocycles. The monoisotopic (exact) mass is 275 g/mol. The van der Waals surface area contributed by atoms with E-state index in [9.17, 15) is 9.59 Å². The number of unbranched alkanes of at least 4 members (excludes halogenated alkanes) is 1. The number of rotatable bonds is 5. The van der Waals surface area contributed by atoms with Gasteiger partial charge in [-0.3, -0.25) is 4.79 Å². The van der Waals surface area contributed by atoms with Crippen molar-refractivity contribution in [3.63, 3.8) is 0 Å². The minimum Gasteiger partial charge on any atom is -0.338 e. The summed E-state index contributed by atoms with van der Waals surface area (Å²) in [5.41, 5.74) is 1.62. The summed E-state index contributed by atoms with van der Waals surface area (Å²) < 4.78 is 0. The zero-order valence-electron chi connectivity index (χ0n) is 11.8. The third kappa shape index (κ3) is 3.73. The molecule has 1 aromatic carbocycles. The van der Waals surface area contributed by atoms with Gasteiger partial charge < -0.3 is 15.5 Å². The molecule has 2 rings (SSSR count). The van der Waals surface area contributed by atoms with Gasteiger partial charge in [-0.25, -0.2) is 4.79 Å². The number of amides is 3.